The maximum absolute atomic E-state index is 5.96. The monoisotopic (exact) mass is 236 g/mol. The molecule has 1 aliphatic rings. The molecule has 3 heteroatoms. The smallest absolute Gasteiger partial charge is 0.0387 e. The van der Waals surface area contributed by atoms with Gasteiger partial charge in [0.1, 0.15) is 0 Å². The largest absolute Gasteiger partial charge is 0.398 e. The lowest BCUT2D eigenvalue weighted by Crippen LogP contribution is -2.37. The number of thioether (sulfide) groups is 1. The molecule has 1 atom stereocenters. The lowest BCUT2D eigenvalue weighted by molar-refractivity contribution is 0.728. The second kappa shape index (κ2) is 5.00. The molecule has 0 bridgehead atoms. The van der Waals surface area contributed by atoms with Crippen molar-refractivity contribution in [1.82, 2.24) is 0 Å². The van der Waals surface area contributed by atoms with Crippen LogP contribution in [0.3, 0.4) is 0 Å². The van der Waals surface area contributed by atoms with Crippen LogP contribution in [0.4, 0.5) is 11.4 Å². The van der Waals surface area contributed by atoms with Gasteiger partial charge in [-0.15, -0.1) is 0 Å². The summed E-state index contributed by atoms with van der Waals surface area (Å²) in [5.41, 5.74) is 9.32. The first-order chi connectivity index (χ1) is 7.70. The van der Waals surface area contributed by atoms with E-state index in [1.54, 1.807) is 0 Å². The van der Waals surface area contributed by atoms with Gasteiger partial charge < -0.3 is 10.6 Å². The lowest BCUT2D eigenvalue weighted by Gasteiger charge is -2.33. The van der Waals surface area contributed by atoms with Gasteiger partial charge in [-0.3, -0.25) is 0 Å². The summed E-state index contributed by atoms with van der Waals surface area (Å²) in [6.07, 6.45) is 1.25. The second-order valence-electron chi connectivity index (χ2n) is 4.39. The highest BCUT2D eigenvalue weighted by molar-refractivity contribution is 8.00. The van der Waals surface area contributed by atoms with Gasteiger partial charge in [0.25, 0.3) is 0 Å². The predicted octanol–water partition coefficient (Wildman–Crippen LogP) is 2.91. The van der Waals surface area contributed by atoms with Gasteiger partial charge >= 0.3 is 0 Å². The Morgan fingerprint density at radius 2 is 2.31 bits per heavy atom. The van der Waals surface area contributed by atoms with Crippen LogP contribution in [-0.2, 0) is 0 Å². The Hall–Kier alpha value is -0.830. The van der Waals surface area contributed by atoms with E-state index in [-0.39, 0.29) is 0 Å². The van der Waals surface area contributed by atoms with Crippen molar-refractivity contribution in [2.24, 2.45) is 0 Å². The Morgan fingerprint density at radius 3 is 3.00 bits per heavy atom. The highest BCUT2D eigenvalue weighted by Crippen LogP contribution is 2.27. The van der Waals surface area contributed by atoms with Gasteiger partial charge in [-0.25, -0.2) is 0 Å². The molecular formula is C13H20N2S. The van der Waals surface area contributed by atoms with Crippen LogP contribution < -0.4 is 10.6 Å². The number of hydrogen-bond donors (Lipinski definition) is 1. The van der Waals surface area contributed by atoms with Crippen molar-refractivity contribution in [1.29, 1.82) is 0 Å². The molecule has 1 aliphatic heterocycles. The normalized spacial score (nSPS) is 21.1. The minimum atomic E-state index is 0.774. The number of anilines is 2. The topological polar surface area (TPSA) is 29.3 Å². The molecular weight excluding hydrogens is 216 g/mol. The summed E-state index contributed by atoms with van der Waals surface area (Å²) in [4.78, 5) is 2.46. The Balaban J connectivity index is 2.13. The Labute approximate surface area is 102 Å². The van der Waals surface area contributed by atoms with Crippen molar-refractivity contribution < 1.29 is 0 Å². The molecule has 1 heterocycles. The SMILES string of the molecule is CCC1CN(c2ccc(C)c(N)c2)CCS1. The molecule has 2 nitrogen and oxygen atoms in total. The van der Waals surface area contributed by atoms with E-state index < -0.39 is 0 Å². The Kier molecular flexibility index (Phi) is 3.64. The fourth-order valence-corrected chi connectivity index (χ4v) is 3.21. The van der Waals surface area contributed by atoms with Crippen molar-refractivity contribution in [3.63, 3.8) is 0 Å². The summed E-state index contributed by atoms with van der Waals surface area (Å²) >= 11 is 2.10. The molecule has 0 spiro atoms. The van der Waals surface area contributed by atoms with E-state index in [1.165, 1.54) is 23.4 Å². The van der Waals surface area contributed by atoms with Crippen molar-refractivity contribution in [2.45, 2.75) is 25.5 Å². The van der Waals surface area contributed by atoms with Gasteiger partial charge in [0.05, 0.1) is 0 Å². The van der Waals surface area contributed by atoms with E-state index >= 15 is 0 Å². The second-order valence-corrected chi connectivity index (χ2v) is 5.80. The van der Waals surface area contributed by atoms with E-state index in [1.807, 2.05) is 0 Å². The van der Waals surface area contributed by atoms with Crippen molar-refractivity contribution in [3.05, 3.63) is 23.8 Å². The standard InChI is InChI=1S/C13H20N2S/c1-3-12-9-15(6-7-16-12)11-5-4-10(2)13(14)8-11/h4-5,8,12H,3,6-7,9,14H2,1-2H3. The summed E-state index contributed by atoms with van der Waals surface area (Å²) in [6.45, 7) is 6.62. The number of nitrogen functional groups attached to an aromatic ring is 1. The molecule has 88 valence electrons. The Bertz CT molecular complexity index is 365. The number of nitrogens with two attached hydrogens (primary N) is 1. The molecule has 2 rings (SSSR count). The number of nitrogens with zero attached hydrogens (tertiary/aromatic N) is 1. The molecule has 0 saturated carbocycles. The summed E-state index contributed by atoms with van der Waals surface area (Å²) in [5.74, 6) is 1.23. The van der Waals surface area contributed by atoms with Gasteiger partial charge in [0.15, 0.2) is 0 Å². The van der Waals surface area contributed by atoms with Crippen LogP contribution in [0.1, 0.15) is 18.9 Å². The zero-order valence-electron chi connectivity index (χ0n) is 10.1. The quantitative estimate of drug-likeness (QED) is 0.801. The third kappa shape index (κ3) is 2.46. The molecule has 1 aromatic carbocycles. The lowest BCUT2D eigenvalue weighted by atomic mass is 10.1. The fraction of sp³-hybridized carbons (Fsp3) is 0.538. The van der Waals surface area contributed by atoms with Crippen LogP contribution in [0.5, 0.6) is 0 Å². The van der Waals surface area contributed by atoms with E-state index in [0.29, 0.717) is 0 Å². The zero-order chi connectivity index (χ0) is 11.5. The van der Waals surface area contributed by atoms with Crippen LogP contribution in [0.25, 0.3) is 0 Å². The molecule has 1 unspecified atom stereocenters. The first kappa shape index (κ1) is 11.6. The molecule has 0 radical (unpaired) electrons. The van der Waals surface area contributed by atoms with Crippen LogP contribution in [0.15, 0.2) is 18.2 Å². The first-order valence-corrected chi connectivity index (χ1v) is 6.98. The third-order valence-corrected chi connectivity index (χ3v) is 4.59. The summed E-state index contributed by atoms with van der Waals surface area (Å²) in [7, 11) is 0. The van der Waals surface area contributed by atoms with Crippen molar-refractivity contribution in [2.75, 3.05) is 29.5 Å². The van der Waals surface area contributed by atoms with Gasteiger partial charge in [-0.05, 0) is 31.0 Å². The number of hydrogen-bond acceptors (Lipinski definition) is 3. The molecule has 1 fully saturated rings. The molecule has 2 N–H and O–H groups in total. The Morgan fingerprint density at radius 1 is 1.50 bits per heavy atom. The summed E-state index contributed by atoms with van der Waals surface area (Å²) < 4.78 is 0. The van der Waals surface area contributed by atoms with Crippen LogP contribution >= 0.6 is 11.8 Å². The zero-order valence-corrected chi connectivity index (χ0v) is 10.9. The minimum Gasteiger partial charge on any atom is -0.398 e. The van der Waals surface area contributed by atoms with Crippen LogP contribution in [-0.4, -0.2) is 24.1 Å². The molecule has 0 aliphatic carbocycles. The van der Waals surface area contributed by atoms with Gasteiger partial charge in [0, 0.05) is 35.5 Å². The molecule has 1 aromatic rings. The minimum absolute atomic E-state index is 0.774. The summed E-state index contributed by atoms with van der Waals surface area (Å²) in [5, 5.41) is 0.774. The number of aryl methyl sites for hydroxylation is 1. The predicted molar refractivity (Wildman–Crippen MR) is 74.3 cm³/mol. The van der Waals surface area contributed by atoms with E-state index in [0.717, 1.165) is 24.0 Å². The van der Waals surface area contributed by atoms with Crippen molar-refractivity contribution in [3.8, 4) is 0 Å². The molecule has 1 saturated heterocycles. The summed E-state index contributed by atoms with van der Waals surface area (Å²) in [6, 6.07) is 6.42. The van der Waals surface area contributed by atoms with E-state index in [2.05, 4.69) is 48.7 Å². The maximum Gasteiger partial charge on any atom is 0.0387 e. The molecule has 0 aromatic heterocycles. The average Bonchev–Trinajstić information content (AvgIpc) is 2.33. The number of rotatable bonds is 2. The average molecular weight is 236 g/mol. The van der Waals surface area contributed by atoms with Gasteiger partial charge in [0.2, 0.25) is 0 Å². The third-order valence-electron chi connectivity index (χ3n) is 3.22. The first-order valence-electron chi connectivity index (χ1n) is 5.93. The molecule has 0 amide bonds. The molecule has 16 heavy (non-hydrogen) atoms. The van der Waals surface area contributed by atoms with Gasteiger partial charge in [-0.2, -0.15) is 11.8 Å². The highest BCUT2D eigenvalue weighted by atomic mass is 32.2. The van der Waals surface area contributed by atoms with Crippen LogP contribution in [0.2, 0.25) is 0 Å². The van der Waals surface area contributed by atoms with Crippen LogP contribution in [0, 0.1) is 6.92 Å². The van der Waals surface area contributed by atoms with E-state index in [9.17, 15) is 0 Å². The number of benzene rings is 1. The highest BCUT2D eigenvalue weighted by Gasteiger charge is 2.19. The van der Waals surface area contributed by atoms with E-state index in [4.69, 9.17) is 5.73 Å². The maximum atomic E-state index is 5.96. The van der Waals surface area contributed by atoms with Gasteiger partial charge in [-0.1, -0.05) is 13.0 Å². The van der Waals surface area contributed by atoms with Crippen molar-refractivity contribution >= 4 is 23.1 Å². The fourth-order valence-electron chi connectivity index (χ4n) is 2.03.